The molecule has 0 aliphatic rings. The van der Waals surface area contributed by atoms with Crippen LogP contribution in [0.25, 0.3) is 0 Å². The molecule has 2 rings (SSSR count). The van der Waals surface area contributed by atoms with Gasteiger partial charge in [-0.15, -0.1) is 0 Å². The third kappa shape index (κ3) is 4.06. The van der Waals surface area contributed by atoms with Crippen LogP contribution in [0.1, 0.15) is 5.56 Å². The molecule has 1 N–H and O–H groups in total. The zero-order valence-corrected chi connectivity index (χ0v) is 14.3. The van der Waals surface area contributed by atoms with Crippen LogP contribution in [0.5, 0.6) is 5.75 Å². The summed E-state index contributed by atoms with van der Waals surface area (Å²) in [6.07, 6.45) is -4.71. The molecule has 0 spiro atoms. The first-order chi connectivity index (χ1) is 11.0. The van der Waals surface area contributed by atoms with Gasteiger partial charge in [0.05, 0.1) is 17.7 Å². The van der Waals surface area contributed by atoms with Gasteiger partial charge in [0.1, 0.15) is 10.6 Å². The van der Waals surface area contributed by atoms with E-state index in [0.717, 1.165) is 25.3 Å². The van der Waals surface area contributed by atoms with Crippen LogP contribution in [0.3, 0.4) is 0 Å². The van der Waals surface area contributed by atoms with Crippen LogP contribution in [-0.2, 0) is 16.2 Å². The van der Waals surface area contributed by atoms with Crippen molar-refractivity contribution < 1.29 is 26.3 Å². The summed E-state index contributed by atoms with van der Waals surface area (Å²) in [5, 5.41) is 0.00180. The zero-order chi connectivity index (χ0) is 18.1. The number of methoxy groups -OCH3 is 1. The minimum Gasteiger partial charge on any atom is -0.496 e. The smallest absolute Gasteiger partial charge is 0.420 e. The fraction of sp³-hybridized carbons (Fsp3) is 0.143. The maximum atomic E-state index is 13.0. The monoisotopic (exact) mass is 399 g/mol. The molecule has 0 aliphatic carbocycles. The molecule has 0 amide bonds. The van der Waals surface area contributed by atoms with Crippen LogP contribution >= 0.6 is 23.2 Å². The Kier molecular flexibility index (Phi) is 5.22. The number of hydrogen-bond donors (Lipinski definition) is 1. The summed E-state index contributed by atoms with van der Waals surface area (Å²) >= 11 is 11.6. The van der Waals surface area contributed by atoms with Crippen molar-refractivity contribution in [3.05, 3.63) is 52.0 Å². The predicted octanol–water partition coefficient (Wildman–Crippen LogP) is 4.82. The highest BCUT2D eigenvalue weighted by Crippen LogP contribution is 2.38. The van der Waals surface area contributed by atoms with Gasteiger partial charge >= 0.3 is 6.18 Å². The molecule has 0 heterocycles. The molecule has 0 atom stereocenters. The molecule has 2 aromatic rings. The number of hydrogen-bond acceptors (Lipinski definition) is 3. The molecule has 0 unspecified atom stereocenters. The average molecular weight is 400 g/mol. The SMILES string of the molecule is COc1ccc(NS(=O)(=O)c2cc(Cl)ccc2Cl)cc1C(F)(F)F. The Hall–Kier alpha value is -1.64. The number of halogens is 5. The highest BCUT2D eigenvalue weighted by atomic mass is 35.5. The molecule has 0 saturated heterocycles. The number of anilines is 1. The van der Waals surface area contributed by atoms with E-state index in [0.29, 0.717) is 6.07 Å². The Labute approximate surface area is 146 Å². The quantitative estimate of drug-likeness (QED) is 0.801. The minimum absolute atomic E-state index is 0.114. The van der Waals surface area contributed by atoms with E-state index in [1.807, 2.05) is 4.72 Å². The highest BCUT2D eigenvalue weighted by Gasteiger charge is 2.35. The van der Waals surface area contributed by atoms with Crippen molar-refractivity contribution in [1.82, 2.24) is 0 Å². The molecular formula is C14H10Cl2F3NO3S. The normalized spacial score (nSPS) is 12.1. The fourth-order valence-electron chi connectivity index (χ4n) is 1.89. The second kappa shape index (κ2) is 6.70. The van der Waals surface area contributed by atoms with Crippen molar-refractivity contribution in [3.63, 3.8) is 0 Å². The third-order valence-electron chi connectivity index (χ3n) is 2.94. The van der Waals surface area contributed by atoms with E-state index >= 15 is 0 Å². The summed E-state index contributed by atoms with van der Waals surface area (Å²) in [4.78, 5) is -0.346. The second-order valence-corrected chi connectivity index (χ2v) is 7.09. The lowest BCUT2D eigenvalue weighted by molar-refractivity contribution is -0.138. The summed E-state index contributed by atoms with van der Waals surface area (Å²) in [5.41, 5.74) is -1.40. The predicted molar refractivity (Wildman–Crippen MR) is 85.3 cm³/mol. The number of rotatable bonds is 4. The van der Waals surface area contributed by atoms with Crippen molar-refractivity contribution in [1.29, 1.82) is 0 Å². The largest absolute Gasteiger partial charge is 0.496 e. The van der Waals surface area contributed by atoms with E-state index in [2.05, 4.69) is 4.74 Å². The van der Waals surface area contributed by atoms with E-state index in [1.54, 1.807) is 0 Å². The number of sulfonamides is 1. The van der Waals surface area contributed by atoms with E-state index in [9.17, 15) is 21.6 Å². The molecule has 0 radical (unpaired) electrons. The second-order valence-electron chi connectivity index (χ2n) is 4.59. The molecule has 0 bridgehead atoms. The van der Waals surface area contributed by atoms with Crippen LogP contribution in [0.4, 0.5) is 18.9 Å². The summed E-state index contributed by atoms with van der Waals surface area (Å²) in [7, 11) is -3.14. The van der Waals surface area contributed by atoms with Crippen molar-refractivity contribution in [2.75, 3.05) is 11.8 Å². The lowest BCUT2D eigenvalue weighted by Crippen LogP contribution is -2.15. The van der Waals surface area contributed by atoms with Gasteiger partial charge in [-0.3, -0.25) is 4.72 Å². The van der Waals surface area contributed by atoms with Gasteiger partial charge in [-0.1, -0.05) is 23.2 Å². The Morgan fingerprint density at radius 1 is 1.08 bits per heavy atom. The van der Waals surface area contributed by atoms with Gasteiger partial charge in [0, 0.05) is 10.7 Å². The lowest BCUT2D eigenvalue weighted by atomic mass is 10.1. The fourth-order valence-corrected chi connectivity index (χ4v) is 3.70. The van der Waals surface area contributed by atoms with Gasteiger partial charge in [-0.25, -0.2) is 8.42 Å². The highest BCUT2D eigenvalue weighted by molar-refractivity contribution is 7.92. The van der Waals surface area contributed by atoms with Crippen molar-refractivity contribution in [3.8, 4) is 5.75 Å². The maximum Gasteiger partial charge on any atom is 0.420 e. The Bertz CT molecular complexity index is 870. The van der Waals surface area contributed by atoms with Crippen LogP contribution in [0, 0.1) is 0 Å². The molecular weight excluding hydrogens is 390 g/mol. The first-order valence-electron chi connectivity index (χ1n) is 6.27. The Morgan fingerprint density at radius 2 is 1.75 bits per heavy atom. The number of nitrogens with one attached hydrogen (secondary N) is 1. The van der Waals surface area contributed by atoms with Gasteiger partial charge in [-0.05, 0) is 36.4 Å². The van der Waals surface area contributed by atoms with E-state index in [1.165, 1.54) is 12.1 Å². The molecule has 2 aromatic carbocycles. The van der Waals surface area contributed by atoms with Crippen LogP contribution < -0.4 is 9.46 Å². The number of benzene rings is 2. The van der Waals surface area contributed by atoms with Gasteiger partial charge in [0.15, 0.2) is 0 Å². The summed E-state index contributed by atoms with van der Waals surface area (Å²) in [6, 6.07) is 6.55. The lowest BCUT2D eigenvalue weighted by Gasteiger charge is -2.15. The van der Waals surface area contributed by atoms with E-state index in [-0.39, 0.29) is 20.6 Å². The minimum atomic E-state index is -4.71. The number of ether oxygens (including phenoxy) is 1. The molecule has 0 aromatic heterocycles. The first-order valence-corrected chi connectivity index (χ1v) is 8.51. The van der Waals surface area contributed by atoms with Crippen molar-refractivity contribution in [2.24, 2.45) is 0 Å². The molecule has 0 fully saturated rings. The standard InChI is InChI=1S/C14H10Cl2F3NO3S/c1-23-12-5-3-9(7-10(12)14(17,18)19)20-24(21,22)13-6-8(15)2-4-11(13)16/h2-7,20H,1H3. The Balaban J connectivity index is 2.45. The van der Waals surface area contributed by atoms with E-state index in [4.69, 9.17) is 23.2 Å². The molecule has 24 heavy (non-hydrogen) atoms. The van der Waals surface area contributed by atoms with Crippen LogP contribution in [0.2, 0.25) is 10.0 Å². The number of alkyl halides is 3. The third-order valence-corrected chi connectivity index (χ3v) is 5.04. The maximum absolute atomic E-state index is 13.0. The summed E-state index contributed by atoms with van der Waals surface area (Å²) in [6.45, 7) is 0. The molecule has 4 nitrogen and oxygen atoms in total. The topological polar surface area (TPSA) is 55.4 Å². The van der Waals surface area contributed by atoms with Gasteiger partial charge in [0.2, 0.25) is 0 Å². The zero-order valence-electron chi connectivity index (χ0n) is 12.0. The van der Waals surface area contributed by atoms with Crippen LogP contribution in [-0.4, -0.2) is 15.5 Å². The average Bonchev–Trinajstić information content (AvgIpc) is 2.48. The van der Waals surface area contributed by atoms with E-state index < -0.39 is 27.5 Å². The Morgan fingerprint density at radius 3 is 2.33 bits per heavy atom. The molecule has 130 valence electrons. The summed E-state index contributed by atoms with van der Waals surface area (Å²) < 4.78 is 70.3. The van der Waals surface area contributed by atoms with Crippen LogP contribution in [0.15, 0.2) is 41.3 Å². The molecule has 0 aliphatic heterocycles. The summed E-state index contributed by atoms with van der Waals surface area (Å²) in [5.74, 6) is -0.425. The van der Waals surface area contributed by atoms with Gasteiger partial charge in [-0.2, -0.15) is 13.2 Å². The molecule has 10 heteroatoms. The van der Waals surface area contributed by atoms with Gasteiger partial charge < -0.3 is 4.74 Å². The van der Waals surface area contributed by atoms with Gasteiger partial charge in [0.25, 0.3) is 10.0 Å². The van der Waals surface area contributed by atoms with Crippen molar-refractivity contribution in [2.45, 2.75) is 11.1 Å². The van der Waals surface area contributed by atoms with Crippen molar-refractivity contribution >= 4 is 38.9 Å². The molecule has 0 saturated carbocycles. The first kappa shape index (κ1) is 18.7.